The molecule has 2 heterocycles. The lowest BCUT2D eigenvalue weighted by molar-refractivity contribution is 0.0963. The summed E-state index contributed by atoms with van der Waals surface area (Å²) < 4.78 is 1.97. The zero-order valence-electron chi connectivity index (χ0n) is 18.0. The van der Waals surface area contributed by atoms with E-state index in [2.05, 4.69) is 26.7 Å². The molecule has 2 aromatic rings. The standard InChI is InChI=1S/C23H31Cl2N5O/c1-26-23(31)17-14-28-30(15-17)18-7-5-16(6-8-18)13-21(29-11-9-27-10-12-29)19-3-2-4-20(24)22(19)25/h2-4,14-16,18,21,27H,5-13H2,1H3,(H,26,31). The van der Waals surface area contributed by atoms with E-state index in [4.69, 9.17) is 23.2 Å². The number of benzene rings is 1. The van der Waals surface area contributed by atoms with Gasteiger partial charge in [0.2, 0.25) is 0 Å². The second kappa shape index (κ2) is 10.3. The van der Waals surface area contributed by atoms with Gasteiger partial charge in [0.1, 0.15) is 0 Å². The number of hydrogen-bond acceptors (Lipinski definition) is 4. The highest BCUT2D eigenvalue weighted by Gasteiger charge is 2.30. The van der Waals surface area contributed by atoms with Gasteiger partial charge in [-0.25, -0.2) is 0 Å². The molecule has 2 fully saturated rings. The fraction of sp³-hybridized carbons (Fsp3) is 0.565. The van der Waals surface area contributed by atoms with Crippen LogP contribution in [0.25, 0.3) is 0 Å². The van der Waals surface area contributed by atoms with Gasteiger partial charge in [0.15, 0.2) is 0 Å². The molecule has 0 radical (unpaired) electrons. The second-order valence-electron chi connectivity index (χ2n) is 8.64. The molecule has 1 atom stereocenters. The van der Waals surface area contributed by atoms with Crippen LogP contribution in [0, 0.1) is 5.92 Å². The molecule has 6 nitrogen and oxygen atoms in total. The number of aromatic nitrogens is 2. The Morgan fingerprint density at radius 2 is 1.97 bits per heavy atom. The number of nitrogens with one attached hydrogen (secondary N) is 2. The van der Waals surface area contributed by atoms with Crippen LogP contribution < -0.4 is 10.6 Å². The summed E-state index contributed by atoms with van der Waals surface area (Å²) in [6.07, 6.45) is 9.09. The maximum atomic E-state index is 11.8. The molecule has 1 aromatic carbocycles. The lowest BCUT2D eigenvalue weighted by atomic mass is 9.80. The third-order valence-electron chi connectivity index (χ3n) is 6.77. The van der Waals surface area contributed by atoms with E-state index in [1.807, 2.05) is 23.0 Å². The van der Waals surface area contributed by atoms with Crippen LogP contribution in [0.3, 0.4) is 0 Å². The number of amides is 1. The predicted molar refractivity (Wildman–Crippen MR) is 125 cm³/mol. The van der Waals surface area contributed by atoms with Crippen LogP contribution in [-0.4, -0.2) is 53.8 Å². The average molecular weight is 464 g/mol. The van der Waals surface area contributed by atoms with E-state index in [-0.39, 0.29) is 5.91 Å². The van der Waals surface area contributed by atoms with Gasteiger partial charge in [0.25, 0.3) is 5.91 Å². The van der Waals surface area contributed by atoms with E-state index < -0.39 is 0 Å². The molecule has 0 spiro atoms. The molecule has 2 aliphatic rings. The van der Waals surface area contributed by atoms with Crippen molar-refractivity contribution in [3.05, 3.63) is 51.8 Å². The Kier molecular flexibility index (Phi) is 7.54. The van der Waals surface area contributed by atoms with Gasteiger partial charge < -0.3 is 10.6 Å². The fourth-order valence-electron chi connectivity index (χ4n) is 5.00. The molecule has 8 heteroatoms. The normalized spacial score (nSPS) is 23.5. The van der Waals surface area contributed by atoms with Gasteiger partial charge in [-0.05, 0) is 49.7 Å². The summed E-state index contributed by atoms with van der Waals surface area (Å²) in [5.41, 5.74) is 1.78. The molecule has 1 saturated heterocycles. The summed E-state index contributed by atoms with van der Waals surface area (Å²) in [4.78, 5) is 14.4. The number of hydrogen-bond donors (Lipinski definition) is 2. The Balaban J connectivity index is 1.43. The van der Waals surface area contributed by atoms with E-state index in [1.165, 1.54) is 0 Å². The Morgan fingerprint density at radius 1 is 1.23 bits per heavy atom. The summed E-state index contributed by atoms with van der Waals surface area (Å²) in [5, 5.41) is 11.9. The first-order valence-corrected chi connectivity index (χ1v) is 12.0. The van der Waals surface area contributed by atoms with Crippen LogP contribution in [0.15, 0.2) is 30.6 Å². The summed E-state index contributed by atoms with van der Waals surface area (Å²) >= 11 is 13.0. The molecule has 1 aliphatic heterocycles. The summed E-state index contributed by atoms with van der Waals surface area (Å²) in [6.45, 7) is 4.07. The molecule has 4 rings (SSSR count). The van der Waals surface area contributed by atoms with Crippen LogP contribution in [0.5, 0.6) is 0 Å². The molecule has 1 aliphatic carbocycles. The minimum absolute atomic E-state index is 0.0859. The van der Waals surface area contributed by atoms with Crippen molar-refractivity contribution in [1.29, 1.82) is 0 Å². The molecule has 1 unspecified atom stereocenters. The lowest BCUT2D eigenvalue weighted by Crippen LogP contribution is -2.45. The SMILES string of the molecule is CNC(=O)c1cnn(C2CCC(CC(c3cccc(Cl)c3Cl)N3CCNCC3)CC2)c1. The topological polar surface area (TPSA) is 62.2 Å². The number of nitrogens with zero attached hydrogens (tertiary/aromatic N) is 3. The highest BCUT2D eigenvalue weighted by molar-refractivity contribution is 6.42. The van der Waals surface area contributed by atoms with Gasteiger partial charge in [-0.15, -0.1) is 0 Å². The average Bonchev–Trinajstić information content (AvgIpc) is 3.30. The highest BCUT2D eigenvalue weighted by Crippen LogP contribution is 2.41. The van der Waals surface area contributed by atoms with Gasteiger partial charge in [-0.1, -0.05) is 35.3 Å². The smallest absolute Gasteiger partial charge is 0.254 e. The molecule has 1 saturated carbocycles. The second-order valence-corrected chi connectivity index (χ2v) is 9.43. The van der Waals surface area contributed by atoms with Crippen molar-refractivity contribution in [2.24, 2.45) is 5.92 Å². The molecular weight excluding hydrogens is 433 g/mol. The zero-order valence-corrected chi connectivity index (χ0v) is 19.5. The third kappa shape index (κ3) is 5.25. The molecule has 31 heavy (non-hydrogen) atoms. The van der Waals surface area contributed by atoms with Crippen molar-refractivity contribution in [2.45, 2.75) is 44.2 Å². The Hall–Kier alpha value is -1.60. The van der Waals surface area contributed by atoms with E-state index >= 15 is 0 Å². The van der Waals surface area contributed by atoms with Crippen LogP contribution in [0.1, 0.15) is 60.1 Å². The first kappa shape index (κ1) is 22.6. The van der Waals surface area contributed by atoms with E-state index in [0.29, 0.717) is 33.6 Å². The van der Waals surface area contributed by atoms with Gasteiger partial charge in [-0.2, -0.15) is 5.10 Å². The van der Waals surface area contributed by atoms with Crippen molar-refractivity contribution >= 4 is 29.1 Å². The molecule has 1 amide bonds. The van der Waals surface area contributed by atoms with Crippen molar-refractivity contribution in [1.82, 2.24) is 25.3 Å². The highest BCUT2D eigenvalue weighted by atomic mass is 35.5. The van der Waals surface area contributed by atoms with Crippen molar-refractivity contribution < 1.29 is 4.79 Å². The van der Waals surface area contributed by atoms with Crippen LogP contribution in [-0.2, 0) is 0 Å². The predicted octanol–water partition coefficient (Wildman–Crippen LogP) is 4.32. The van der Waals surface area contributed by atoms with Crippen molar-refractivity contribution in [3.63, 3.8) is 0 Å². The Labute approximate surface area is 194 Å². The Morgan fingerprint density at radius 3 is 2.68 bits per heavy atom. The third-order valence-corrected chi connectivity index (χ3v) is 7.60. The van der Waals surface area contributed by atoms with Gasteiger partial charge in [-0.3, -0.25) is 14.4 Å². The minimum Gasteiger partial charge on any atom is -0.355 e. The zero-order chi connectivity index (χ0) is 21.8. The first-order valence-electron chi connectivity index (χ1n) is 11.2. The lowest BCUT2D eigenvalue weighted by Gasteiger charge is -2.39. The van der Waals surface area contributed by atoms with E-state index in [9.17, 15) is 4.79 Å². The maximum absolute atomic E-state index is 11.8. The fourth-order valence-corrected chi connectivity index (χ4v) is 5.44. The molecule has 0 bridgehead atoms. The van der Waals surface area contributed by atoms with Crippen molar-refractivity contribution in [3.8, 4) is 0 Å². The van der Waals surface area contributed by atoms with Gasteiger partial charge in [0.05, 0.1) is 27.8 Å². The van der Waals surface area contributed by atoms with E-state index in [0.717, 1.165) is 63.8 Å². The van der Waals surface area contributed by atoms with Gasteiger partial charge >= 0.3 is 0 Å². The molecule has 168 valence electrons. The minimum atomic E-state index is -0.0859. The van der Waals surface area contributed by atoms with Crippen LogP contribution in [0.2, 0.25) is 10.0 Å². The summed E-state index contributed by atoms with van der Waals surface area (Å²) in [7, 11) is 1.64. The first-order chi connectivity index (χ1) is 15.1. The molecule has 1 aromatic heterocycles. The Bertz CT molecular complexity index is 888. The summed E-state index contributed by atoms with van der Waals surface area (Å²) in [5.74, 6) is 0.553. The molecule has 2 N–H and O–H groups in total. The number of piperazine rings is 1. The largest absolute Gasteiger partial charge is 0.355 e. The summed E-state index contributed by atoms with van der Waals surface area (Å²) in [6, 6.07) is 6.67. The molecular formula is C23H31Cl2N5O. The van der Waals surface area contributed by atoms with Crippen LogP contribution in [0.4, 0.5) is 0 Å². The number of halogens is 2. The van der Waals surface area contributed by atoms with Gasteiger partial charge in [0, 0.05) is 45.5 Å². The van der Waals surface area contributed by atoms with Crippen molar-refractivity contribution in [2.75, 3.05) is 33.2 Å². The number of carbonyl (C=O) groups is 1. The monoisotopic (exact) mass is 463 g/mol. The maximum Gasteiger partial charge on any atom is 0.254 e. The number of carbonyl (C=O) groups excluding carboxylic acids is 1. The van der Waals surface area contributed by atoms with E-state index in [1.54, 1.807) is 13.2 Å². The van der Waals surface area contributed by atoms with Crippen LogP contribution >= 0.6 is 23.2 Å². The number of rotatable bonds is 6. The quantitative estimate of drug-likeness (QED) is 0.669.